The molecule has 142 valence electrons. The highest BCUT2D eigenvalue weighted by atomic mass is 16.5. The number of hydrogen-bond acceptors (Lipinski definition) is 4. The van der Waals surface area contributed by atoms with Gasteiger partial charge in [0.1, 0.15) is 11.3 Å². The molecule has 5 nitrogen and oxygen atoms in total. The van der Waals surface area contributed by atoms with Crippen molar-refractivity contribution < 1.29 is 19.4 Å². The quantitative estimate of drug-likeness (QED) is 0.642. The molecule has 0 aromatic heterocycles. The smallest absolute Gasteiger partial charge is 0.342 e. The highest BCUT2D eigenvalue weighted by Gasteiger charge is 2.21. The molecule has 3 aromatic carbocycles. The molecular formula is C23H21NO4. The molecule has 1 atom stereocenters. The lowest BCUT2D eigenvalue weighted by molar-refractivity contribution is -0.123. The molecule has 0 aliphatic carbocycles. The number of amides is 1. The van der Waals surface area contributed by atoms with Gasteiger partial charge in [0.25, 0.3) is 5.91 Å². The van der Waals surface area contributed by atoms with Crippen LogP contribution in [0.2, 0.25) is 0 Å². The van der Waals surface area contributed by atoms with E-state index in [-0.39, 0.29) is 11.3 Å². The Kier molecular flexibility index (Phi) is 5.75. The predicted octanol–water partition coefficient (Wildman–Crippen LogP) is 4.55. The molecule has 0 heterocycles. The van der Waals surface area contributed by atoms with Crippen LogP contribution in [-0.2, 0) is 9.53 Å². The maximum absolute atomic E-state index is 12.6. The molecule has 0 saturated heterocycles. The summed E-state index contributed by atoms with van der Waals surface area (Å²) in [6.07, 6.45) is -1.03. The molecule has 2 N–H and O–H groups in total. The first-order valence-corrected chi connectivity index (χ1v) is 8.91. The monoisotopic (exact) mass is 375 g/mol. The Morgan fingerprint density at radius 3 is 2.36 bits per heavy atom. The zero-order valence-corrected chi connectivity index (χ0v) is 15.7. The molecule has 0 aliphatic heterocycles. The van der Waals surface area contributed by atoms with Crippen LogP contribution in [-0.4, -0.2) is 23.1 Å². The van der Waals surface area contributed by atoms with Crippen LogP contribution in [0.15, 0.2) is 72.8 Å². The molecule has 28 heavy (non-hydrogen) atoms. The van der Waals surface area contributed by atoms with Gasteiger partial charge >= 0.3 is 5.97 Å². The second kappa shape index (κ2) is 8.39. The second-order valence-electron chi connectivity index (χ2n) is 6.47. The van der Waals surface area contributed by atoms with Crippen LogP contribution in [0.3, 0.4) is 0 Å². The van der Waals surface area contributed by atoms with Gasteiger partial charge in [-0.1, -0.05) is 54.6 Å². The van der Waals surface area contributed by atoms with Gasteiger partial charge in [-0.25, -0.2) is 4.79 Å². The van der Waals surface area contributed by atoms with Crippen LogP contribution in [0.25, 0.3) is 11.1 Å². The Balaban J connectivity index is 1.72. The number of phenols is 1. The van der Waals surface area contributed by atoms with Gasteiger partial charge in [0.05, 0.1) is 0 Å². The molecule has 0 spiro atoms. The maximum atomic E-state index is 12.6. The van der Waals surface area contributed by atoms with Crippen LogP contribution in [0.5, 0.6) is 5.75 Å². The van der Waals surface area contributed by atoms with E-state index >= 15 is 0 Å². The highest BCUT2D eigenvalue weighted by Crippen LogP contribution is 2.28. The van der Waals surface area contributed by atoms with Gasteiger partial charge in [-0.05, 0) is 43.2 Å². The number of aromatic hydroxyl groups is 1. The average Bonchev–Trinajstić information content (AvgIpc) is 2.69. The first kappa shape index (κ1) is 19.2. The van der Waals surface area contributed by atoms with Crippen molar-refractivity contribution in [3.8, 4) is 16.9 Å². The van der Waals surface area contributed by atoms with Crippen molar-refractivity contribution in [2.45, 2.75) is 20.0 Å². The Morgan fingerprint density at radius 1 is 0.964 bits per heavy atom. The largest absolute Gasteiger partial charge is 0.507 e. The van der Waals surface area contributed by atoms with Crippen molar-refractivity contribution in [1.82, 2.24) is 0 Å². The molecule has 0 bridgehead atoms. The lowest BCUT2D eigenvalue weighted by atomic mass is 10.0. The number of rotatable bonds is 5. The Hall–Kier alpha value is -3.60. The third-order valence-electron chi connectivity index (χ3n) is 4.30. The SMILES string of the molecule is Cc1ccc(C(=O)O[C@@H](C)C(=O)Nc2ccccc2-c2ccccc2)c(O)c1. The third kappa shape index (κ3) is 4.38. The standard InChI is InChI=1S/C23H21NO4/c1-15-12-13-19(21(25)14-15)23(27)28-16(2)22(26)24-20-11-7-6-10-18(20)17-8-4-3-5-9-17/h3-14,16,25H,1-2H3,(H,24,26)/t16-/m0/s1. The first-order chi connectivity index (χ1) is 13.5. The van der Waals surface area contributed by atoms with E-state index in [4.69, 9.17) is 4.74 Å². The zero-order valence-electron chi connectivity index (χ0n) is 15.7. The summed E-state index contributed by atoms with van der Waals surface area (Å²) in [7, 11) is 0. The molecule has 0 saturated carbocycles. The van der Waals surface area contributed by atoms with Crippen LogP contribution in [0.4, 0.5) is 5.69 Å². The topological polar surface area (TPSA) is 75.6 Å². The summed E-state index contributed by atoms with van der Waals surface area (Å²) in [4.78, 5) is 24.8. The third-order valence-corrected chi connectivity index (χ3v) is 4.30. The summed E-state index contributed by atoms with van der Waals surface area (Å²) in [6.45, 7) is 3.29. The summed E-state index contributed by atoms with van der Waals surface area (Å²) in [6, 6.07) is 21.7. The summed E-state index contributed by atoms with van der Waals surface area (Å²) in [5.41, 5.74) is 3.30. The fourth-order valence-electron chi connectivity index (χ4n) is 2.79. The van der Waals surface area contributed by atoms with Crippen LogP contribution < -0.4 is 5.32 Å². The predicted molar refractivity (Wildman–Crippen MR) is 108 cm³/mol. The molecule has 3 aromatic rings. The van der Waals surface area contributed by atoms with E-state index in [2.05, 4.69) is 5.32 Å². The minimum atomic E-state index is -1.03. The number of nitrogens with one attached hydrogen (secondary N) is 1. The molecule has 0 unspecified atom stereocenters. The number of hydrogen-bond donors (Lipinski definition) is 2. The normalized spacial score (nSPS) is 11.5. The molecule has 0 radical (unpaired) electrons. The number of carbonyl (C=O) groups excluding carboxylic acids is 2. The maximum Gasteiger partial charge on any atom is 0.342 e. The molecule has 3 rings (SSSR count). The molecule has 5 heteroatoms. The average molecular weight is 375 g/mol. The number of anilines is 1. The van der Waals surface area contributed by atoms with E-state index in [1.807, 2.05) is 48.5 Å². The van der Waals surface area contributed by atoms with Crippen molar-refractivity contribution in [3.63, 3.8) is 0 Å². The highest BCUT2D eigenvalue weighted by molar-refractivity contribution is 6.00. The molecular weight excluding hydrogens is 354 g/mol. The number of esters is 1. The van der Waals surface area contributed by atoms with E-state index in [1.165, 1.54) is 19.1 Å². The second-order valence-corrected chi connectivity index (χ2v) is 6.47. The fourth-order valence-corrected chi connectivity index (χ4v) is 2.79. The Bertz CT molecular complexity index is 998. The van der Waals surface area contributed by atoms with Crippen LogP contribution >= 0.6 is 0 Å². The van der Waals surface area contributed by atoms with Crippen molar-refractivity contribution in [2.24, 2.45) is 0 Å². The lowest BCUT2D eigenvalue weighted by Crippen LogP contribution is -2.30. The minimum absolute atomic E-state index is 0.0231. The van der Waals surface area contributed by atoms with E-state index in [9.17, 15) is 14.7 Å². The Morgan fingerprint density at radius 2 is 1.64 bits per heavy atom. The van der Waals surface area contributed by atoms with Crippen molar-refractivity contribution in [3.05, 3.63) is 83.9 Å². The summed E-state index contributed by atoms with van der Waals surface area (Å²) in [5.74, 6) is -1.38. The number of phenolic OH excluding ortho intramolecular Hbond substituents is 1. The van der Waals surface area contributed by atoms with Crippen molar-refractivity contribution in [2.75, 3.05) is 5.32 Å². The summed E-state index contributed by atoms with van der Waals surface area (Å²) >= 11 is 0. The summed E-state index contributed by atoms with van der Waals surface area (Å²) in [5, 5.41) is 12.7. The fraction of sp³-hybridized carbons (Fsp3) is 0.130. The number of benzene rings is 3. The molecule has 0 aliphatic rings. The number of carbonyl (C=O) groups is 2. The Labute approximate surface area is 163 Å². The first-order valence-electron chi connectivity index (χ1n) is 8.91. The van der Waals surface area contributed by atoms with Gasteiger partial charge < -0.3 is 15.2 Å². The number of ether oxygens (including phenoxy) is 1. The zero-order chi connectivity index (χ0) is 20.1. The van der Waals surface area contributed by atoms with Crippen molar-refractivity contribution in [1.29, 1.82) is 0 Å². The lowest BCUT2D eigenvalue weighted by Gasteiger charge is -2.16. The van der Waals surface area contributed by atoms with Gasteiger partial charge in [-0.15, -0.1) is 0 Å². The van der Waals surface area contributed by atoms with Crippen LogP contribution in [0, 0.1) is 6.92 Å². The van der Waals surface area contributed by atoms with Crippen molar-refractivity contribution >= 4 is 17.6 Å². The minimum Gasteiger partial charge on any atom is -0.507 e. The molecule has 1 amide bonds. The van der Waals surface area contributed by atoms with E-state index in [0.717, 1.165) is 16.7 Å². The van der Waals surface area contributed by atoms with Gasteiger partial charge in [0.2, 0.25) is 0 Å². The number of para-hydroxylation sites is 1. The molecule has 0 fully saturated rings. The van der Waals surface area contributed by atoms with Gasteiger partial charge in [-0.2, -0.15) is 0 Å². The number of aryl methyl sites for hydroxylation is 1. The summed E-state index contributed by atoms with van der Waals surface area (Å²) < 4.78 is 5.23. The van der Waals surface area contributed by atoms with E-state index < -0.39 is 18.0 Å². The van der Waals surface area contributed by atoms with Crippen LogP contribution in [0.1, 0.15) is 22.8 Å². The van der Waals surface area contributed by atoms with Gasteiger partial charge in [0, 0.05) is 11.3 Å². The van der Waals surface area contributed by atoms with E-state index in [1.54, 1.807) is 19.1 Å². The van der Waals surface area contributed by atoms with E-state index in [0.29, 0.717) is 5.69 Å². The van der Waals surface area contributed by atoms with Gasteiger partial charge in [0.15, 0.2) is 6.10 Å². The van der Waals surface area contributed by atoms with Gasteiger partial charge in [-0.3, -0.25) is 4.79 Å².